The summed E-state index contributed by atoms with van der Waals surface area (Å²) in [6.45, 7) is 1.62. The van der Waals surface area contributed by atoms with Crippen LogP contribution < -0.4 is 5.48 Å². The topological polar surface area (TPSA) is 69.6 Å². The zero-order chi connectivity index (χ0) is 8.48. The van der Waals surface area contributed by atoms with Crippen LogP contribution in [0.4, 0.5) is 0 Å². The fraction of sp³-hybridized carbons (Fsp3) is 0.857. The third-order valence-corrected chi connectivity index (χ3v) is 2.10. The van der Waals surface area contributed by atoms with E-state index in [9.17, 15) is 9.90 Å². The summed E-state index contributed by atoms with van der Waals surface area (Å²) in [6, 6.07) is 0. The maximum atomic E-state index is 10.6. The summed E-state index contributed by atoms with van der Waals surface area (Å²) >= 11 is 0. The monoisotopic (exact) mass is 159 g/mol. The molecule has 0 spiro atoms. The van der Waals surface area contributed by atoms with Gasteiger partial charge in [0.15, 0.2) is 0 Å². The second-order valence-corrected chi connectivity index (χ2v) is 3.34. The number of hydroxylamine groups is 1. The Morgan fingerprint density at radius 3 is 2.64 bits per heavy atom. The zero-order valence-electron chi connectivity index (χ0n) is 6.50. The largest absolute Gasteiger partial charge is 0.389 e. The van der Waals surface area contributed by atoms with Crippen LogP contribution in [0.5, 0.6) is 0 Å². The molecule has 11 heavy (non-hydrogen) atoms. The van der Waals surface area contributed by atoms with Crippen LogP contribution >= 0.6 is 0 Å². The van der Waals surface area contributed by atoms with Crippen molar-refractivity contribution in [2.45, 2.75) is 31.8 Å². The minimum Gasteiger partial charge on any atom is -0.389 e. The van der Waals surface area contributed by atoms with Gasteiger partial charge >= 0.3 is 0 Å². The van der Waals surface area contributed by atoms with Gasteiger partial charge in [-0.25, -0.2) is 5.48 Å². The standard InChI is InChI=1S/C7H13NO3/c1-7(10,5-2-3-5)4-6(9)8-11/h5,10-11H,2-4H2,1H3,(H,8,9). The summed E-state index contributed by atoms with van der Waals surface area (Å²) in [6.07, 6.45) is 1.94. The first kappa shape index (κ1) is 8.49. The van der Waals surface area contributed by atoms with E-state index < -0.39 is 11.5 Å². The van der Waals surface area contributed by atoms with Crippen LogP contribution in [-0.2, 0) is 4.79 Å². The molecule has 1 unspecified atom stereocenters. The molecule has 0 bridgehead atoms. The molecule has 1 amide bonds. The normalized spacial score (nSPS) is 22.5. The number of hydrogen-bond donors (Lipinski definition) is 3. The number of nitrogens with one attached hydrogen (secondary N) is 1. The first-order valence-corrected chi connectivity index (χ1v) is 3.71. The molecular formula is C7H13NO3. The quantitative estimate of drug-likeness (QED) is 0.402. The van der Waals surface area contributed by atoms with Crippen molar-refractivity contribution < 1.29 is 15.1 Å². The molecule has 0 saturated heterocycles. The average Bonchev–Trinajstić information content (AvgIpc) is 2.66. The molecule has 0 aliphatic heterocycles. The summed E-state index contributed by atoms with van der Waals surface area (Å²) in [5, 5.41) is 17.8. The molecule has 0 aromatic carbocycles. The third kappa shape index (κ3) is 2.17. The van der Waals surface area contributed by atoms with Gasteiger partial charge < -0.3 is 5.11 Å². The smallest absolute Gasteiger partial charge is 0.246 e. The summed E-state index contributed by atoms with van der Waals surface area (Å²) in [7, 11) is 0. The van der Waals surface area contributed by atoms with Gasteiger partial charge in [0.25, 0.3) is 0 Å². The number of hydrogen-bond acceptors (Lipinski definition) is 3. The summed E-state index contributed by atoms with van der Waals surface area (Å²) in [4.78, 5) is 10.6. The highest BCUT2D eigenvalue weighted by atomic mass is 16.5. The van der Waals surface area contributed by atoms with E-state index in [1.807, 2.05) is 0 Å². The zero-order valence-corrected chi connectivity index (χ0v) is 6.50. The van der Waals surface area contributed by atoms with Gasteiger partial charge in [-0.05, 0) is 25.7 Å². The van der Waals surface area contributed by atoms with E-state index in [0.29, 0.717) is 0 Å². The van der Waals surface area contributed by atoms with Gasteiger partial charge in [-0.3, -0.25) is 10.0 Å². The van der Waals surface area contributed by atoms with Crippen LogP contribution in [0.3, 0.4) is 0 Å². The molecule has 0 aromatic heterocycles. The highest BCUT2D eigenvalue weighted by Gasteiger charge is 2.41. The van der Waals surface area contributed by atoms with Crippen LogP contribution in [0.25, 0.3) is 0 Å². The van der Waals surface area contributed by atoms with Gasteiger partial charge in [0.2, 0.25) is 5.91 Å². The van der Waals surface area contributed by atoms with E-state index in [-0.39, 0.29) is 12.3 Å². The molecule has 1 saturated carbocycles. The van der Waals surface area contributed by atoms with Crippen molar-refractivity contribution in [3.63, 3.8) is 0 Å². The Hall–Kier alpha value is -0.610. The lowest BCUT2D eigenvalue weighted by atomic mass is 9.96. The van der Waals surface area contributed by atoms with E-state index in [2.05, 4.69) is 0 Å². The molecule has 1 atom stereocenters. The predicted molar refractivity (Wildman–Crippen MR) is 37.9 cm³/mol. The number of carbonyl (C=O) groups is 1. The van der Waals surface area contributed by atoms with E-state index in [1.54, 1.807) is 6.92 Å². The Bertz CT molecular complexity index is 163. The third-order valence-electron chi connectivity index (χ3n) is 2.10. The fourth-order valence-electron chi connectivity index (χ4n) is 1.21. The van der Waals surface area contributed by atoms with Crippen molar-refractivity contribution in [3.05, 3.63) is 0 Å². The highest BCUT2D eigenvalue weighted by Crippen LogP contribution is 2.41. The number of carbonyl (C=O) groups excluding carboxylic acids is 1. The number of rotatable bonds is 3. The first-order valence-electron chi connectivity index (χ1n) is 3.71. The minimum absolute atomic E-state index is 0.0197. The molecule has 1 aliphatic carbocycles. The SMILES string of the molecule is CC(O)(CC(=O)NO)C1CC1. The second-order valence-electron chi connectivity index (χ2n) is 3.34. The van der Waals surface area contributed by atoms with Gasteiger partial charge in [0.05, 0.1) is 12.0 Å². The molecule has 0 radical (unpaired) electrons. The van der Waals surface area contributed by atoms with Crippen LogP contribution in [-0.4, -0.2) is 21.8 Å². The van der Waals surface area contributed by atoms with Crippen molar-refractivity contribution >= 4 is 5.91 Å². The number of aliphatic hydroxyl groups is 1. The van der Waals surface area contributed by atoms with Gasteiger partial charge in [-0.15, -0.1) is 0 Å². The van der Waals surface area contributed by atoms with Crippen molar-refractivity contribution in [2.75, 3.05) is 0 Å². The van der Waals surface area contributed by atoms with Crippen LogP contribution in [0.1, 0.15) is 26.2 Å². The minimum atomic E-state index is -0.938. The van der Waals surface area contributed by atoms with Crippen molar-refractivity contribution in [1.29, 1.82) is 0 Å². The Balaban J connectivity index is 2.38. The van der Waals surface area contributed by atoms with Crippen molar-refractivity contribution in [3.8, 4) is 0 Å². The van der Waals surface area contributed by atoms with Gasteiger partial charge in [0, 0.05) is 0 Å². The second kappa shape index (κ2) is 2.79. The lowest BCUT2D eigenvalue weighted by Gasteiger charge is -2.20. The predicted octanol–water partition coefficient (Wildman–Crippen LogP) is 0.0429. The first-order chi connectivity index (χ1) is 5.06. The molecule has 1 aliphatic rings. The van der Waals surface area contributed by atoms with Gasteiger partial charge in [-0.1, -0.05) is 0 Å². The van der Waals surface area contributed by atoms with E-state index in [4.69, 9.17) is 5.21 Å². The molecule has 64 valence electrons. The maximum absolute atomic E-state index is 10.6. The Kier molecular flexibility index (Phi) is 2.15. The Labute approximate surface area is 65.2 Å². The molecule has 0 aromatic rings. The van der Waals surface area contributed by atoms with E-state index in [1.165, 1.54) is 5.48 Å². The molecule has 0 heterocycles. The summed E-state index contributed by atoms with van der Waals surface area (Å²) in [5.74, 6) is -0.290. The molecular weight excluding hydrogens is 146 g/mol. The molecule has 1 fully saturated rings. The maximum Gasteiger partial charge on any atom is 0.246 e. The van der Waals surface area contributed by atoms with Gasteiger partial charge in [-0.2, -0.15) is 0 Å². The van der Waals surface area contributed by atoms with Crippen LogP contribution in [0.2, 0.25) is 0 Å². The van der Waals surface area contributed by atoms with Gasteiger partial charge in [0.1, 0.15) is 0 Å². The molecule has 1 rings (SSSR count). The van der Waals surface area contributed by atoms with Crippen LogP contribution in [0.15, 0.2) is 0 Å². The molecule has 4 heteroatoms. The van der Waals surface area contributed by atoms with E-state index in [0.717, 1.165) is 12.8 Å². The van der Waals surface area contributed by atoms with Crippen molar-refractivity contribution in [2.24, 2.45) is 5.92 Å². The average molecular weight is 159 g/mol. The highest BCUT2D eigenvalue weighted by molar-refractivity contribution is 5.75. The fourth-order valence-corrected chi connectivity index (χ4v) is 1.21. The summed E-state index contributed by atoms with van der Waals surface area (Å²) < 4.78 is 0. The molecule has 4 nitrogen and oxygen atoms in total. The number of amides is 1. The Morgan fingerprint density at radius 1 is 1.73 bits per heavy atom. The van der Waals surface area contributed by atoms with Crippen LogP contribution in [0, 0.1) is 5.92 Å². The van der Waals surface area contributed by atoms with E-state index >= 15 is 0 Å². The Morgan fingerprint density at radius 2 is 2.27 bits per heavy atom. The lowest BCUT2D eigenvalue weighted by molar-refractivity contribution is -0.134. The molecule has 3 N–H and O–H groups in total. The summed E-state index contributed by atoms with van der Waals surface area (Å²) in [5.41, 5.74) is 0.567. The van der Waals surface area contributed by atoms with Crippen molar-refractivity contribution in [1.82, 2.24) is 5.48 Å². The lowest BCUT2D eigenvalue weighted by Crippen LogP contribution is -2.34.